The van der Waals surface area contributed by atoms with Crippen molar-refractivity contribution in [2.75, 3.05) is 5.88 Å². The highest BCUT2D eigenvalue weighted by Crippen LogP contribution is 2.20. The monoisotopic (exact) mass is 147 g/mol. The van der Waals surface area contributed by atoms with E-state index in [-0.39, 0.29) is 11.4 Å². The summed E-state index contributed by atoms with van der Waals surface area (Å²) < 4.78 is 0. The van der Waals surface area contributed by atoms with Crippen molar-refractivity contribution in [1.82, 2.24) is 5.32 Å². The lowest BCUT2D eigenvalue weighted by molar-refractivity contribution is -0.119. The Morgan fingerprint density at radius 1 is 1.89 bits per heavy atom. The number of carbonyl (C=O) groups is 1. The van der Waals surface area contributed by atoms with E-state index in [1.807, 2.05) is 6.92 Å². The predicted molar refractivity (Wildman–Crippen MR) is 36.5 cm³/mol. The highest BCUT2D eigenvalue weighted by atomic mass is 35.5. The van der Waals surface area contributed by atoms with Crippen molar-refractivity contribution in [3.8, 4) is 0 Å². The number of hydrogen-bond acceptors (Lipinski definition) is 1. The zero-order chi connectivity index (χ0) is 6.91. The molecule has 1 atom stereocenters. The second kappa shape index (κ2) is 2.18. The molecule has 9 heavy (non-hydrogen) atoms. The van der Waals surface area contributed by atoms with Gasteiger partial charge in [0.15, 0.2) is 0 Å². The molecule has 0 aliphatic carbocycles. The minimum absolute atomic E-state index is 0.123. The summed E-state index contributed by atoms with van der Waals surface area (Å²) in [5, 5.41) is 2.81. The van der Waals surface area contributed by atoms with Gasteiger partial charge in [0, 0.05) is 12.3 Å². The Labute approximate surface area is 59.6 Å². The van der Waals surface area contributed by atoms with Crippen LogP contribution in [0, 0.1) is 0 Å². The molecule has 1 heterocycles. The first-order chi connectivity index (χ1) is 4.16. The largest absolute Gasteiger partial charge is 0.350 e. The first kappa shape index (κ1) is 6.87. The van der Waals surface area contributed by atoms with Gasteiger partial charge in [-0.15, -0.1) is 11.6 Å². The zero-order valence-corrected chi connectivity index (χ0v) is 6.16. The van der Waals surface area contributed by atoms with E-state index in [4.69, 9.17) is 11.6 Å². The average Bonchev–Trinajstić information content (AvgIpc) is 2.13. The maximum atomic E-state index is 10.6. The quantitative estimate of drug-likeness (QED) is 0.549. The van der Waals surface area contributed by atoms with E-state index in [1.54, 1.807) is 0 Å². The molecule has 0 aromatic carbocycles. The molecule has 1 fully saturated rings. The van der Waals surface area contributed by atoms with Gasteiger partial charge < -0.3 is 5.32 Å². The summed E-state index contributed by atoms with van der Waals surface area (Å²) in [6, 6.07) is 0. The molecule has 52 valence electrons. The Morgan fingerprint density at radius 2 is 2.56 bits per heavy atom. The lowest BCUT2D eigenvalue weighted by Crippen LogP contribution is -2.39. The van der Waals surface area contributed by atoms with Crippen molar-refractivity contribution in [3.05, 3.63) is 0 Å². The molecule has 0 aromatic heterocycles. The van der Waals surface area contributed by atoms with E-state index in [2.05, 4.69) is 5.32 Å². The first-order valence-electron chi connectivity index (χ1n) is 3.03. The molecule has 1 aliphatic rings. The molecule has 1 saturated heterocycles. The van der Waals surface area contributed by atoms with Crippen molar-refractivity contribution >= 4 is 17.5 Å². The van der Waals surface area contributed by atoms with Gasteiger partial charge in [0.25, 0.3) is 0 Å². The van der Waals surface area contributed by atoms with Gasteiger partial charge in [-0.05, 0) is 13.3 Å². The molecule has 0 spiro atoms. The average molecular weight is 148 g/mol. The van der Waals surface area contributed by atoms with Crippen molar-refractivity contribution in [3.63, 3.8) is 0 Å². The molecular formula is C6H10ClNO. The summed E-state index contributed by atoms with van der Waals surface area (Å²) >= 11 is 5.60. The second-order valence-electron chi connectivity index (χ2n) is 2.74. The zero-order valence-electron chi connectivity index (χ0n) is 5.41. The number of alkyl halides is 1. The van der Waals surface area contributed by atoms with Gasteiger partial charge in [-0.3, -0.25) is 4.79 Å². The summed E-state index contributed by atoms with van der Waals surface area (Å²) in [5.41, 5.74) is -0.126. The Hall–Kier alpha value is -0.240. The van der Waals surface area contributed by atoms with E-state index < -0.39 is 0 Å². The number of halogens is 1. The lowest BCUT2D eigenvalue weighted by Gasteiger charge is -2.19. The van der Waals surface area contributed by atoms with Crippen LogP contribution in [0.15, 0.2) is 0 Å². The van der Waals surface area contributed by atoms with E-state index in [9.17, 15) is 4.79 Å². The third kappa shape index (κ3) is 1.36. The topological polar surface area (TPSA) is 29.1 Å². The molecule has 1 rings (SSSR count). The maximum absolute atomic E-state index is 10.6. The van der Waals surface area contributed by atoms with Gasteiger partial charge in [0.05, 0.1) is 5.54 Å². The van der Waals surface area contributed by atoms with Gasteiger partial charge in [0.2, 0.25) is 5.91 Å². The van der Waals surface area contributed by atoms with Crippen LogP contribution in [0.25, 0.3) is 0 Å². The van der Waals surface area contributed by atoms with Crippen molar-refractivity contribution in [1.29, 1.82) is 0 Å². The molecule has 0 aromatic rings. The van der Waals surface area contributed by atoms with Crippen molar-refractivity contribution < 1.29 is 4.79 Å². The van der Waals surface area contributed by atoms with Crippen LogP contribution in [0.4, 0.5) is 0 Å². The molecule has 0 saturated carbocycles. The number of rotatable bonds is 1. The second-order valence-corrected chi connectivity index (χ2v) is 3.01. The maximum Gasteiger partial charge on any atom is 0.220 e. The van der Waals surface area contributed by atoms with Crippen LogP contribution in [-0.4, -0.2) is 17.3 Å². The smallest absolute Gasteiger partial charge is 0.220 e. The normalized spacial score (nSPS) is 34.7. The van der Waals surface area contributed by atoms with Crippen molar-refractivity contribution in [2.24, 2.45) is 0 Å². The van der Waals surface area contributed by atoms with Crippen LogP contribution < -0.4 is 5.32 Å². The van der Waals surface area contributed by atoms with Crippen LogP contribution >= 0.6 is 11.6 Å². The molecule has 1 unspecified atom stereocenters. The molecule has 1 aliphatic heterocycles. The number of carbonyl (C=O) groups excluding carboxylic acids is 1. The van der Waals surface area contributed by atoms with E-state index in [1.165, 1.54) is 0 Å². The number of amides is 1. The highest BCUT2D eigenvalue weighted by Gasteiger charge is 2.31. The van der Waals surface area contributed by atoms with Crippen LogP contribution in [-0.2, 0) is 4.79 Å². The Kier molecular flexibility index (Phi) is 1.66. The Balaban J connectivity index is 2.54. The lowest BCUT2D eigenvalue weighted by atomic mass is 10.0. The Morgan fingerprint density at radius 3 is 2.78 bits per heavy atom. The van der Waals surface area contributed by atoms with Crippen LogP contribution in [0.3, 0.4) is 0 Å². The molecule has 1 N–H and O–H groups in total. The first-order valence-corrected chi connectivity index (χ1v) is 3.57. The molecular weight excluding hydrogens is 138 g/mol. The van der Waals surface area contributed by atoms with Crippen molar-refractivity contribution in [2.45, 2.75) is 25.3 Å². The van der Waals surface area contributed by atoms with E-state index >= 15 is 0 Å². The third-order valence-corrected chi connectivity index (χ3v) is 2.23. The Bertz CT molecular complexity index is 137. The van der Waals surface area contributed by atoms with Gasteiger partial charge in [-0.1, -0.05) is 0 Å². The summed E-state index contributed by atoms with van der Waals surface area (Å²) in [7, 11) is 0. The van der Waals surface area contributed by atoms with Gasteiger partial charge in [-0.25, -0.2) is 0 Å². The summed E-state index contributed by atoms with van der Waals surface area (Å²) in [4.78, 5) is 10.6. The fourth-order valence-corrected chi connectivity index (χ4v) is 1.15. The summed E-state index contributed by atoms with van der Waals surface area (Å²) in [6.45, 7) is 1.96. The molecule has 3 heteroatoms. The van der Waals surface area contributed by atoms with Crippen LogP contribution in [0.5, 0.6) is 0 Å². The minimum Gasteiger partial charge on any atom is -0.350 e. The van der Waals surface area contributed by atoms with E-state index in [0.29, 0.717) is 12.3 Å². The van der Waals surface area contributed by atoms with Crippen LogP contribution in [0.1, 0.15) is 19.8 Å². The fourth-order valence-electron chi connectivity index (χ4n) is 0.951. The number of nitrogens with one attached hydrogen (secondary N) is 1. The fraction of sp³-hybridized carbons (Fsp3) is 0.833. The molecule has 1 amide bonds. The third-order valence-electron chi connectivity index (χ3n) is 1.64. The summed E-state index contributed by atoms with van der Waals surface area (Å²) in [6.07, 6.45) is 1.50. The highest BCUT2D eigenvalue weighted by molar-refractivity contribution is 6.18. The van der Waals surface area contributed by atoms with Gasteiger partial charge in [0.1, 0.15) is 0 Å². The minimum atomic E-state index is -0.126. The predicted octanol–water partition coefficient (Wildman–Crippen LogP) is 0.894. The molecule has 2 nitrogen and oxygen atoms in total. The molecule has 0 radical (unpaired) electrons. The van der Waals surface area contributed by atoms with Crippen LogP contribution in [0.2, 0.25) is 0 Å². The SMILES string of the molecule is CC1(CCl)CCC(=O)N1. The van der Waals surface area contributed by atoms with Gasteiger partial charge in [-0.2, -0.15) is 0 Å². The molecule has 0 bridgehead atoms. The van der Waals surface area contributed by atoms with Gasteiger partial charge >= 0.3 is 0 Å². The van der Waals surface area contributed by atoms with E-state index in [0.717, 1.165) is 6.42 Å². The summed E-state index contributed by atoms with van der Waals surface area (Å²) in [5.74, 6) is 0.636. The standard InChI is InChI=1S/C6H10ClNO/c1-6(4-7)3-2-5(9)8-6/h2-4H2,1H3,(H,8,9). The number of hydrogen-bond donors (Lipinski definition) is 1.